The number of esters is 1. The van der Waals surface area contributed by atoms with Gasteiger partial charge in [0.1, 0.15) is 5.92 Å². The van der Waals surface area contributed by atoms with Crippen molar-refractivity contribution in [1.82, 2.24) is 0 Å². The van der Waals surface area contributed by atoms with E-state index in [2.05, 4.69) is 10.6 Å². The zero-order valence-electron chi connectivity index (χ0n) is 18.2. The van der Waals surface area contributed by atoms with Crippen LogP contribution in [0, 0.1) is 22.0 Å². The lowest BCUT2D eigenvalue weighted by Gasteiger charge is -2.32. The normalized spacial score (nSPS) is 21.7. The molecule has 10 nitrogen and oxygen atoms in total. The number of phenolic OH excluding ortho intramolecular Hbond substituents is 1. The topological polar surface area (TPSA) is 140 Å². The summed E-state index contributed by atoms with van der Waals surface area (Å²) in [5.41, 5.74) is 2.06. The quantitative estimate of drug-likeness (QED) is 0.274. The second-order valence-electron chi connectivity index (χ2n) is 8.03. The summed E-state index contributed by atoms with van der Waals surface area (Å²) in [6.45, 7) is 1.80. The molecule has 0 unspecified atom stereocenters. The maximum Gasteiger partial charge on any atom is 0.316 e. The Morgan fingerprint density at radius 1 is 1.21 bits per heavy atom. The molecular weight excluding hydrogens is 430 g/mol. The van der Waals surface area contributed by atoms with Crippen LogP contribution in [0.25, 0.3) is 0 Å². The summed E-state index contributed by atoms with van der Waals surface area (Å²) in [5.74, 6) is -3.09. The molecule has 0 radical (unpaired) electrons. The number of para-hydroxylation sites is 2. The molecule has 1 heterocycles. The molecule has 0 saturated carbocycles. The van der Waals surface area contributed by atoms with Gasteiger partial charge in [-0.2, -0.15) is 0 Å². The average Bonchev–Trinajstić information content (AvgIpc) is 2.95. The third-order valence-electron chi connectivity index (χ3n) is 6.05. The summed E-state index contributed by atoms with van der Waals surface area (Å²) in [6.07, 6.45) is 0.394. The van der Waals surface area contributed by atoms with Gasteiger partial charge in [0.25, 0.3) is 0 Å². The fourth-order valence-corrected chi connectivity index (χ4v) is 4.46. The SMILES string of the molecule is COC(=O)[C@@H]1C(=O)C2=C(C[C@@H]1C)Nc1ccccc1N[C@@H]2c1cc(OC)c(O)c([N+](=O)[O-])c1. The number of phenols is 1. The van der Waals surface area contributed by atoms with E-state index in [1.54, 1.807) is 6.92 Å². The molecule has 33 heavy (non-hydrogen) atoms. The van der Waals surface area contributed by atoms with Crippen LogP contribution in [0.3, 0.4) is 0 Å². The first-order chi connectivity index (χ1) is 15.8. The van der Waals surface area contributed by atoms with E-state index in [4.69, 9.17) is 9.47 Å². The number of nitro benzene ring substituents is 1. The third-order valence-corrected chi connectivity index (χ3v) is 6.05. The second-order valence-corrected chi connectivity index (χ2v) is 8.03. The van der Waals surface area contributed by atoms with Gasteiger partial charge in [0.2, 0.25) is 5.75 Å². The van der Waals surface area contributed by atoms with E-state index in [-0.39, 0.29) is 17.2 Å². The number of aromatic hydroxyl groups is 1. The van der Waals surface area contributed by atoms with Crippen LogP contribution in [0.4, 0.5) is 17.1 Å². The number of carbonyl (C=O) groups is 2. The summed E-state index contributed by atoms with van der Waals surface area (Å²) in [6, 6.07) is 9.10. The number of nitrogens with zero attached hydrogens (tertiary/aromatic N) is 1. The lowest BCUT2D eigenvalue weighted by Crippen LogP contribution is -2.39. The zero-order valence-corrected chi connectivity index (χ0v) is 18.2. The molecule has 0 spiro atoms. The van der Waals surface area contributed by atoms with Gasteiger partial charge in [-0.3, -0.25) is 19.7 Å². The van der Waals surface area contributed by atoms with Crippen molar-refractivity contribution in [2.75, 3.05) is 24.9 Å². The van der Waals surface area contributed by atoms with Gasteiger partial charge in [-0.05, 0) is 36.1 Å². The average molecular weight is 453 g/mol. The van der Waals surface area contributed by atoms with Gasteiger partial charge in [-0.1, -0.05) is 19.1 Å². The van der Waals surface area contributed by atoms with Gasteiger partial charge >= 0.3 is 11.7 Å². The van der Waals surface area contributed by atoms with Gasteiger partial charge in [0.15, 0.2) is 11.5 Å². The van der Waals surface area contributed by atoms with Crippen molar-refractivity contribution in [2.45, 2.75) is 19.4 Å². The molecule has 2 aromatic carbocycles. The van der Waals surface area contributed by atoms with E-state index in [0.29, 0.717) is 23.4 Å². The van der Waals surface area contributed by atoms with Crippen LogP contribution >= 0.6 is 0 Å². The molecule has 0 bridgehead atoms. The molecule has 1 aliphatic heterocycles. The molecule has 10 heteroatoms. The number of rotatable bonds is 4. The minimum atomic E-state index is -1.00. The molecule has 3 atom stereocenters. The van der Waals surface area contributed by atoms with E-state index < -0.39 is 40.1 Å². The summed E-state index contributed by atoms with van der Waals surface area (Å²) in [7, 11) is 2.52. The van der Waals surface area contributed by atoms with Crippen molar-refractivity contribution < 1.29 is 29.1 Å². The van der Waals surface area contributed by atoms with E-state index >= 15 is 0 Å². The summed E-state index contributed by atoms with van der Waals surface area (Å²) < 4.78 is 10.0. The first kappa shape index (κ1) is 22.1. The number of fused-ring (bicyclic) bond motifs is 1. The van der Waals surface area contributed by atoms with Crippen LogP contribution in [0.2, 0.25) is 0 Å². The number of methoxy groups -OCH3 is 2. The minimum Gasteiger partial charge on any atom is -0.500 e. The maximum absolute atomic E-state index is 13.6. The molecule has 3 N–H and O–H groups in total. The number of hydrogen-bond acceptors (Lipinski definition) is 9. The molecule has 0 saturated heterocycles. The number of nitrogens with one attached hydrogen (secondary N) is 2. The Morgan fingerprint density at radius 3 is 2.55 bits per heavy atom. The highest BCUT2D eigenvalue weighted by atomic mass is 16.6. The molecule has 2 aliphatic rings. The van der Waals surface area contributed by atoms with Crippen molar-refractivity contribution in [3.05, 3.63) is 63.3 Å². The Balaban J connectivity index is 1.94. The first-order valence-corrected chi connectivity index (χ1v) is 10.3. The highest BCUT2D eigenvalue weighted by Gasteiger charge is 2.44. The Morgan fingerprint density at radius 2 is 1.91 bits per heavy atom. The van der Waals surface area contributed by atoms with Crippen molar-refractivity contribution in [3.63, 3.8) is 0 Å². The van der Waals surface area contributed by atoms with Crippen LogP contribution in [0.5, 0.6) is 11.5 Å². The Hall–Kier alpha value is -4.08. The molecular formula is C23H23N3O7. The Labute approximate surface area is 189 Å². The van der Waals surface area contributed by atoms with Crippen molar-refractivity contribution in [3.8, 4) is 11.5 Å². The number of benzene rings is 2. The molecule has 1 aliphatic carbocycles. The van der Waals surface area contributed by atoms with Crippen molar-refractivity contribution >= 4 is 28.8 Å². The van der Waals surface area contributed by atoms with Crippen molar-refractivity contribution in [2.24, 2.45) is 11.8 Å². The first-order valence-electron chi connectivity index (χ1n) is 10.3. The highest BCUT2D eigenvalue weighted by molar-refractivity contribution is 6.11. The largest absolute Gasteiger partial charge is 0.500 e. The van der Waals surface area contributed by atoms with Crippen LogP contribution in [-0.2, 0) is 14.3 Å². The van der Waals surface area contributed by atoms with Gasteiger partial charge in [0.05, 0.1) is 36.6 Å². The van der Waals surface area contributed by atoms with Gasteiger partial charge in [-0.25, -0.2) is 0 Å². The maximum atomic E-state index is 13.6. The predicted octanol–water partition coefficient (Wildman–Crippen LogP) is 3.54. The smallest absolute Gasteiger partial charge is 0.316 e. The second kappa shape index (κ2) is 8.45. The number of nitro groups is 1. The van der Waals surface area contributed by atoms with Gasteiger partial charge in [0, 0.05) is 17.3 Å². The lowest BCUT2D eigenvalue weighted by molar-refractivity contribution is -0.386. The number of anilines is 2. The fraction of sp³-hybridized carbons (Fsp3) is 0.304. The Kier molecular flexibility index (Phi) is 5.67. The molecule has 172 valence electrons. The van der Waals surface area contributed by atoms with E-state index in [0.717, 1.165) is 5.69 Å². The zero-order chi connectivity index (χ0) is 23.9. The van der Waals surface area contributed by atoms with Crippen LogP contribution in [0.1, 0.15) is 24.9 Å². The number of hydrogen-bond donors (Lipinski definition) is 3. The number of Topliss-reactive ketones (excluding diaryl/α,β-unsaturated/α-hetero) is 1. The van der Waals surface area contributed by atoms with E-state index in [9.17, 15) is 24.8 Å². The predicted molar refractivity (Wildman–Crippen MR) is 119 cm³/mol. The fourth-order valence-electron chi connectivity index (χ4n) is 4.46. The molecule has 0 aromatic heterocycles. The summed E-state index contributed by atoms with van der Waals surface area (Å²) >= 11 is 0. The van der Waals surface area contributed by atoms with E-state index in [1.165, 1.54) is 26.4 Å². The van der Waals surface area contributed by atoms with E-state index in [1.807, 2.05) is 24.3 Å². The van der Waals surface area contributed by atoms with Crippen LogP contribution in [0.15, 0.2) is 47.7 Å². The number of carbonyl (C=O) groups excluding carboxylic acids is 2. The number of allylic oxidation sites excluding steroid dienone is 1. The summed E-state index contributed by atoms with van der Waals surface area (Å²) in [4.78, 5) is 37.0. The lowest BCUT2D eigenvalue weighted by atomic mass is 9.74. The summed E-state index contributed by atoms with van der Waals surface area (Å²) in [5, 5.41) is 28.4. The number of ketones is 1. The molecule has 2 aromatic rings. The molecule has 4 rings (SSSR count). The highest BCUT2D eigenvalue weighted by Crippen LogP contribution is 2.46. The standard InChI is InChI=1S/C23H23N3O7/c1-11-8-15-19(22(28)18(11)23(29)33-3)20(25-14-7-5-4-6-13(14)24-15)12-9-16(26(30)31)21(27)17(10-12)32-2/h4-7,9-11,18,20,24-25,27H,8H2,1-3H3/t11-,18-,20+/m0/s1. The molecule has 0 amide bonds. The van der Waals surface area contributed by atoms with Crippen molar-refractivity contribution in [1.29, 1.82) is 0 Å². The molecule has 0 fully saturated rings. The Bertz CT molecular complexity index is 1190. The monoisotopic (exact) mass is 453 g/mol. The van der Waals surface area contributed by atoms with Crippen LogP contribution < -0.4 is 15.4 Å². The van der Waals surface area contributed by atoms with Gasteiger partial charge < -0.3 is 25.2 Å². The minimum absolute atomic E-state index is 0.102. The van der Waals surface area contributed by atoms with Gasteiger partial charge in [-0.15, -0.1) is 0 Å². The number of ether oxygens (including phenoxy) is 2. The third kappa shape index (κ3) is 3.73. The van der Waals surface area contributed by atoms with Crippen LogP contribution in [-0.4, -0.2) is 36.0 Å².